The van der Waals surface area contributed by atoms with Crippen LogP contribution in [0.5, 0.6) is 0 Å². The maximum Gasteiger partial charge on any atom is 0.142 e. The van der Waals surface area contributed by atoms with Gasteiger partial charge in [0.05, 0.1) is 5.02 Å². The molecule has 0 heterocycles. The van der Waals surface area contributed by atoms with E-state index in [9.17, 15) is 4.39 Å². The molecule has 0 amide bonds. The monoisotopic (exact) mass is 289 g/mol. The van der Waals surface area contributed by atoms with Crippen LogP contribution < -0.4 is 5.32 Å². The topological polar surface area (TPSA) is 12.0 Å². The highest BCUT2D eigenvalue weighted by Gasteiger charge is 2.13. The predicted octanol–water partition coefficient (Wildman–Crippen LogP) is 5.14. The fraction of sp³-hybridized carbons (Fsp3) is 0.294. The average molecular weight is 290 g/mol. The van der Waals surface area contributed by atoms with Crippen LogP contribution in [0.3, 0.4) is 0 Å². The summed E-state index contributed by atoms with van der Waals surface area (Å²) in [4.78, 5) is 0. The van der Waals surface area contributed by atoms with Gasteiger partial charge in [0.15, 0.2) is 0 Å². The summed E-state index contributed by atoms with van der Waals surface area (Å²) in [5, 5.41) is 3.59. The summed E-state index contributed by atoms with van der Waals surface area (Å²) in [5.41, 5.74) is 4.88. The van der Waals surface area contributed by atoms with Gasteiger partial charge in [-0.05, 0) is 67.1 Å². The smallest absolute Gasteiger partial charge is 0.142 e. The van der Waals surface area contributed by atoms with E-state index in [-0.39, 0.29) is 16.9 Å². The largest absolute Gasteiger partial charge is 0.379 e. The van der Waals surface area contributed by atoms with Gasteiger partial charge in [-0.2, -0.15) is 0 Å². The second-order valence-corrected chi connectivity index (χ2v) is 5.78. The van der Waals surface area contributed by atoms with Crippen LogP contribution in [0, 0.1) is 5.82 Å². The Labute approximate surface area is 123 Å². The molecular formula is C17H17ClFN. The molecule has 2 aromatic rings. The van der Waals surface area contributed by atoms with Gasteiger partial charge in [0, 0.05) is 11.7 Å². The van der Waals surface area contributed by atoms with Crippen molar-refractivity contribution in [2.24, 2.45) is 0 Å². The van der Waals surface area contributed by atoms with Crippen molar-refractivity contribution in [1.29, 1.82) is 0 Å². The molecule has 1 atom stereocenters. The van der Waals surface area contributed by atoms with E-state index in [1.165, 1.54) is 30.0 Å². The third-order valence-electron chi connectivity index (χ3n) is 3.93. The van der Waals surface area contributed by atoms with Crippen LogP contribution in [-0.4, -0.2) is 0 Å². The predicted molar refractivity (Wildman–Crippen MR) is 81.9 cm³/mol. The Morgan fingerprint density at radius 3 is 2.70 bits per heavy atom. The summed E-state index contributed by atoms with van der Waals surface area (Å²) >= 11 is 5.71. The van der Waals surface area contributed by atoms with Crippen LogP contribution in [-0.2, 0) is 12.8 Å². The third kappa shape index (κ3) is 2.66. The minimum absolute atomic E-state index is 0.0428. The highest BCUT2D eigenvalue weighted by Crippen LogP contribution is 2.28. The molecule has 3 rings (SSSR count). The molecule has 0 saturated heterocycles. The molecule has 0 saturated carbocycles. The number of aryl methyl sites for hydroxylation is 2. The molecule has 104 valence electrons. The fourth-order valence-corrected chi connectivity index (χ4v) is 2.89. The Bertz CT molecular complexity index is 639. The Hall–Kier alpha value is -1.54. The van der Waals surface area contributed by atoms with Crippen LogP contribution in [0.1, 0.15) is 36.1 Å². The number of fused-ring (bicyclic) bond motifs is 1. The normalized spacial score (nSPS) is 14.9. The van der Waals surface area contributed by atoms with E-state index in [0.29, 0.717) is 0 Å². The molecular weight excluding hydrogens is 273 g/mol. The first-order valence-electron chi connectivity index (χ1n) is 6.97. The molecule has 1 N–H and O–H groups in total. The van der Waals surface area contributed by atoms with Crippen LogP contribution in [0.4, 0.5) is 10.1 Å². The van der Waals surface area contributed by atoms with Gasteiger partial charge >= 0.3 is 0 Å². The van der Waals surface area contributed by atoms with E-state index in [2.05, 4.69) is 23.5 Å². The second kappa shape index (κ2) is 5.45. The molecule has 1 unspecified atom stereocenters. The molecule has 1 aliphatic rings. The number of anilines is 1. The molecule has 0 fully saturated rings. The lowest BCUT2D eigenvalue weighted by molar-refractivity contribution is 0.624. The van der Waals surface area contributed by atoms with Gasteiger partial charge in [-0.3, -0.25) is 0 Å². The molecule has 0 aliphatic heterocycles. The van der Waals surface area contributed by atoms with Crippen molar-refractivity contribution < 1.29 is 4.39 Å². The maximum atomic E-state index is 13.5. The van der Waals surface area contributed by atoms with Gasteiger partial charge in [0.25, 0.3) is 0 Å². The van der Waals surface area contributed by atoms with Crippen LogP contribution >= 0.6 is 11.6 Å². The van der Waals surface area contributed by atoms with Crippen molar-refractivity contribution in [2.75, 3.05) is 5.32 Å². The summed E-state index contributed by atoms with van der Waals surface area (Å²) in [6.07, 6.45) is 3.60. The van der Waals surface area contributed by atoms with Crippen LogP contribution in [0.25, 0.3) is 0 Å². The molecule has 0 spiro atoms. The summed E-state index contributed by atoms with van der Waals surface area (Å²) < 4.78 is 13.5. The van der Waals surface area contributed by atoms with Crippen molar-refractivity contribution in [1.82, 2.24) is 0 Å². The first-order valence-corrected chi connectivity index (χ1v) is 7.34. The molecule has 0 bridgehead atoms. The lowest BCUT2D eigenvalue weighted by Crippen LogP contribution is -2.07. The number of hydrogen-bond donors (Lipinski definition) is 1. The van der Waals surface area contributed by atoms with E-state index in [1.54, 1.807) is 6.07 Å². The minimum atomic E-state index is -0.369. The zero-order valence-electron chi connectivity index (χ0n) is 11.4. The number of rotatable bonds is 3. The van der Waals surface area contributed by atoms with Crippen molar-refractivity contribution in [3.05, 3.63) is 63.9 Å². The molecule has 0 aromatic heterocycles. The summed E-state index contributed by atoms with van der Waals surface area (Å²) in [6, 6.07) is 11.5. The van der Waals surface area contributed by atoms with Crippen molar-refractivity contribution >= 4 is 17.3 Å². The minimum Gasteiger partial charge on any atom is -0.379 e. The molecule has 20 heavy (non-hydrogen) atoms. The lowest BCUT2D eigenvalue weighted by atomic mass is 10.1. The van der Waals surface area contributed by atoms with E-state index in [1.807, 2.05) is 13.0 Å². The molecule has 1 aliphatic carbocycles. The third-order valence-corrected chi connectivity index (χ3v) is 4.23. The van der Waals surface area contributed by atoms with Gasteiger partial charge in [0.1, 0.15) is 5.82 Å². The summed E-state index contributed by atoms with van der Waals surface area (Å²) in [6.45, 7) is 2.02. The standard InChI is InChI=1S/C17H17ClFN/c1-11(13-6-8-16(18)17(19)10-13)20-15-7-5-12-3-2-4-14(12)9-15/h5-11,20H,2-4H2,1H3. The van der Waals surface area contributed by atoms with Gasteiger partial charge in [-0.1, -0.05) is 23.7 Å². The second-order valence-electron chi connectivity index (χ2n) is 5.38. The van der Waals surface area contributed by atoms with Gasteiger partial charge in [0.2, 0.25) is 0 Å². The van der Waals surface area contributed by atoms with Gasteiger partial charge in [-0.15, -0.1) is 0 Å². The number of nitrogens with one attached hydrogen (secondary N) is 1. The molecule has 2 aromatic carbocycles. The maximum absolute atomic E-state index is 13.5. The number of hydrogen-bond acceptors (Lipinski definition) is 1. The van der Waals surface area contributed by atoms with E-state index in [4.69, 9.17) is 11.6 Å². The fourth-order valence-electron chi connectivity index (χ4n) is 2.78. The van der Waals surface area contributed by atoms with E-state index in [0.717, 1.165) is 17.7 Å². The SMILES string of the molecule is CC(Nc1ccc2c(c1)CCC2)c1ccc(Cl)c(F)c1. The first-order chi connectivity index (χ1) is 9.63. The van der Waals surface area contributed by atoms with Crippen LogP contribution in [0.2, 0.25) is 5.02 Å². The summed E-state index contributed by atoms with van der Waals surface area (Å²) in [5.74, 6) is -0.369. The Kier molecular flexibility index (Phi) is 3.66. The van der Waals surface area contributed by atoms with Crippen molar-refractivity contribution in [3.8, 4) is 0 Å². The number of halogens is 2. The first kappa shape index (κ1) is 13.4. The van der Waals surface area contributed by atoms with E-state index >= 15 is 0 Å². The molecule has 1 nitrogen and oxygen atoms in total. The Morgan fingerprint density at radius 2 is 1.90 bits per heavy atom. The average Bonchev–Trinajstić information content (AvgIpc) is 2.89. The van der Waals surface area contributed by atoms with Crippen molar-refractivity contribution in [3.63, 3.8) is 0 Å². The zero-order chi connectivity index (χ0) is 14.1. The molecule has 0 radical (unpaired) electrons. The zero-order valence-corrected chi connectivity index (χ0v) is 12.2. The highest BCUT2D eigenvalue weighted by atomic mass is 35.5. The Morgan fingerprint density at radius 1 is 1.10 bits per heavy atom. The van der Waals surface area contributed by atoms with Crippen molar-refractivity contribution in [2.45, 2.75) is 32.2 Å². The lowest BCUT2D eigenvalue weighted by Gasteiger charge is -2.17. The number of benzene rings is 2. The van der Waals surface area contributed by atoms with Gasteiger partial charge in [-0.25, -0.2) is 4.39 Å². The quantitative estimate of drug-likeness (QED) is 0.825. The Balaban J connectivity index is 1.78. The summed E-state index contributed by atoms with van der Waals surface area (Å²) in [7, 11) is 0. The van der Waals surface area contributed by atoms with E-state index < -0.39 is 0 Å². The molecule has 3 heteroatoms. The highest BCUT2D eigenvalue weighted by molar-refractivity contribution is 6.30. The van der Waals surface area contributed by atoms with Gasteiger partial charge < -0.3 is 5.32 Å². The van der Waals surface area contributed by atoms with Crippen LogP contribution in [0.15, 0.2) is 36.4 Å².